The molecule has 1 heterocycles. The van der Waals surface area contributed by atoms with Gasteiger partial charge in [0, 0.05) is 17.0 Å². The maximum atomic E-state index is 12.4. The summed E-state index contributed by atoms with van der Waals surface area (Å²) in [6, 6.07) is 5.47. The molecule has 35 heavy (non-hydrogen) atoms. The Morgan fingerprint density at radius 1 is 1.23 bits per heavy atom. The lowest BCUT2D eigenvalue weighted by Gasteiger charge is -2.41. The number of alkyl halides is 3. The van der Waals surface area contributed by atoms with Crippen molar-refractivity contribution in [2.24, 2.45) is 11.3 Å². The molecule has 11 heteroatoms. The highest BCUT2D eigenvalue weighted by Gasteiger charge is 2.39. The lowest BCUT2D eigenvalue weighted by molar-refractivity contribution is -0.274. The quantitative estimate of drug-likeness (QED) is 0.275. The van der Waals surface area contributed by atoms with E-state index in [4.69, 9.17) is 9.57 Å². The number of rotatable bonds is 13. The molecule has 1 aliphatic carbocycles. The molecule has 0 radical (unpaired) electrons. The predicted octanol–water partition coefficient (Wildman–Crippen LogP) is 5.61. The van der Waals surface area contributed by atoms with Crippen molar-refractivity contribution < 1.29 is 27.5 Å². The van der Waals surface area contributed by atoms with Gasteiger partial charge in [-0.05, 0) is 67.5 Å². The Bertz CT molecular complexity index is 938. The van der Waals surface area contributed by atoms with E-state index in [9.17, 15) is 13.2 Å². The Morgan fingerprint density at radius 3 is 2.60 bits per heavy atom. The first-order valence-electron chi connectivity index (χ1n) is 11.7. The molecule has 0 saturated carbocycles. The highest BCUT2D eigenvalue weighted by molar-refractivity contribution is 7.98. The van der Waals surface area contributed by atoms with Crippen LogP contribution in [0.5, 0.6) is 11.5 Å². The number of halogens is 3. The van der Waals surface area contributed by atoms with Crippen LogP contribution in [0.25, 0.3) is 0 Å². The summed E-state index contributed by atoms with van der Waals surface area (Å²) in [6.45, 7) is 5.83. The van der Waals surface area contributed by atoms with Gasteiger partial charge < -0.3 is 9.47 Å². The highest BCUT2D eigenvalue weighted by atomic mass is 32.2. The van der Waals surface area contributed by atoms with Crippen molar-refractivity contribution in [3.05, 3.63) is 48.2 Å². The molecule has 1 aromatic carbocycles. The fraction of sp³-hybridized carbons (Fsp3) is 0.583. The number of aromatic nitrogens is 3. The predicted molar refractivity (Wildman–Crippen MR) is 129 cm³/mol. The summed E-state index contributed by atoms with van der Waals surface area (Å²) in [5.74, 6) is 1.30. The first kappa shape index (κ1) is 27.2. The average molecular weight is 515 g/mol. The van der Waals surface area contributed by atoms with Gasteiger partial charge in [-0.25, -0.2) is 9.67 Å². The minimum absolute atomic E-state index is 0.0698. The summed E-state index contributed by atoms with van der Waals surface area (Å²) < 4.78 is 49.0. The minimum atomic E-state index is -4.72. The van der Waals surface area contributed by atoms with Crippen LogP contribution in [0.3, 0.4) is 0 Å². The van der Waals surface area contributed by atoms with Gasteiger partial charge in [0.15, 0.2) is 0 Å². The second-order valence-electron chi connectivity index (χ2n) is 8.81. The van der Waals surface area contributed by atoms with E-state index in [1.54, 1.807) is 11.0 Å². The molecular formula is C24H33F3N4O3S. The number of allylic oxidation sites excluding steroid dienone is 1. The smallest absolute Gasteiger partial charge is 0.493 e. The summed E-state index contributed by atoms with van der Waals surface area (Å²) in [4.78, 5) is 9.88. The molecule has 7 nitrogen and oxygen atoms in total. The molecule has 194 valence electrons. The zero-order valence-electron chi connectivity index (χ0n) is 20.3. The van der Waals surface area contributed by atoms with Gasteiger partial charge >= 0.3 is 6.36 Å². The Balaban J connectivity index is 1.82. The molecule has 0 saturated heterocycles. The van der Waals surface area contributed by atoms with Crippen LogP contribution in [-0.4, -0.2) is 46.3 Å². The standard InChI is InChI=1S/C24H33F3N4O3S/c1-4-12-33-30-22-21(14-31-17-28-16-29-31)18(9-10-23(22,2)11-13-35-3)15-32-19-5-7-20(8-6-19)34-24(25,26)27/h5-8,16-18,30H,4,9-15H2,1-3H3/t18-,23-/m0/s1. The average Bonchev–Trinajstić information content (AvgIpc) is 3.32. The number of nitrogens with zero attached hydrogens (tertiary/aromatic N) is 3. The van der Waals surface area contributed by atoms with Gasteiger partial charge in [0.05, 0.1) is 19.8 Å². The SMILES string of the molecule is CCCONC1=C(Cn2cncn2)[C@H](COc2ccc(OC(F)(F)F)cc2)CC[C@@]1(C)CCSC. The van der Waals surface area contributed by atoms with Gasteiger partial charge in [-0.15, -0.1) is 13.2 Å². The van der Waals surface area contributed by atoms with E-state index in [-0.39, 0.29) is 17.1 Å². The van der Waals surface area contributed by atoms with E-state index < -0.39 is 6.36 Å². The van der Waals surface area contributed by atoms with Crippen LogP contribution in [-0.2, 0) is 11.4 Å². The van der Waals surface area contributed by atoms with Crippen molar-refractivity contribution in [2.75, 3.05) is 25.2 Å². The molecule has 0 bridgehead atoms. The normalized spacial score (nSPS) is 20.7. The number of hydrogen-bond acceptors (Lipinski definition) is 7. The maximum Gasteiger partial charge on any atom is 0.573 e. The van der Waals surface area contributed by atoms with E-state index >= 15 is 0 Å². The second kappa shape index (κ2) is 12.5. The summed E-state index contributed by atoms with van der Waals surface area (Å²) in [7, 11) is 0. The van der Waals surface area contributed by atoms with Crippen LogP contribution in [0.2, 0.25) is 0 Å². The number of hydrogen-bond donors (Lipinski definition) is 1. The molecule has 0 fully saturated rings. The topological polar surface area (TPSA) is 70.4 Å². The van der Waals surface area contributed by atoms with E-state index in [1.165, 1.54) is 30.6 Å². The zero-order valence-corrected chi connectivity index (χ0v) is 21.1. The summed E-state index contributed by atoms with van der Waals surface area (Å²) in [5.41, 5.74) is 5.39. The van der Waals surface area contributed by atoms with E-state index in [0.29, 0.717) is 25.5 Å². The number of nitrogens with one attached hydrogen (secondary N) is 1. The van der Waals surface area contributed by atoms with Crippen molar-refractivity contribution in [3.63, 3.8) is 0 Å². The van der Waals surface area contributed by atoms with Gasteiger partial charge in [-0.1, -0.05) is 13.8 Å². The Labute approximate surface area is 208 Å². The monoisotopic (exact) mass is 514 g/mol. The number of hydroxylamine groups is 1. The van der Waals surface area contributed by atoms with Gasteiger partial charge in [0.1, 0.15) is 24.2 Å². The third-order valence-electron chi connectivity index (χ3n) is 6.11. The van der Waals surface area contributed by atoms with Crippen LogP contribution >= 0.6 is 11.8 Å². The van der Waals surface area contributed by atoms with E-state index in [0.717, 1.165) is 42.7 Å². The fourth-order valence-corrected chi connectivity index (χ4v) is 4.85. The largest absolute Gasteiger partial charge is 0.573 e. The molecule has 0 unspecified atom stereocenters. The van der Waals surface area contributed by atoms with Crippen molar-refractivity contribution in [1.29, 1.82) is 0 Å². The first-order chi connectivity index (χ1) is 16.7. The molecule has 2 atom stereocenters. The van der Waals surface area contributed by atoms with Crippen LogP contribution in [0, 0.1) is 11.3 Å². The fourth-order valence-electron chi connectivity index (χ4n) is 4.19. The molecule has 1 aliphatic rings. The van der Waals surface area contributed by atoms with E-state index in [1.807, 2.05) is 11.8 Å². The van der Waals surface area contributed by atoms with Crippen LogP contribution < -0.4 is 15.0 Å². The van der Waals surface area contributed by atoms with Crippen LogP contribution in [0.15, 0.2) is 48.2 Å². The van der Waals surface area contributed by atoms with Gasteiger partial charge in [0.2, 0.25) is 0 Å². The molecule has 0 aliphatic heterocycles. The van der Waals surface area contributed by atoms with Crippen LogP contribution in [0.4, 0.5) is 13.2 Å². The third-order valence-corrected chi connectivity index (χ3v) is 6.72. The Hall–Kier alpha value is -2.40. The van der Waals surface area contributed by atoms with Crippen molar-refractivity contribution in [1.82, 2.24) is 20.2 Å². The summed E-state index contributed by atoms with van der Waals surface area (Å²) in [5, 5.41) is 4.29. The molecule has 1 aromatic heterocycles. The molecule has 3 rings (SSSR count). The van der Waals surface area contributed by atoms with Crippen molar-refractivity contribution in [2.45, 2.75) is 52.4 Å². The minimum Gasteiger partial charge on any atom is -0.493 e. The molecule has 1 N–H and O–H groups in total. The third kappa shape index (κ3) is 8.06. The Kier molecular flexibility index (Phi) is 9.73. The molecule has 0 spiro atoms. The van der Waals surface area contributed by atoms with Gasteiger partial charge in [0.25, 0.3) is 0 Å². The number of benzene rings is 1. The number of ether oxygens (including phenoxy) is 2. The lowest BCUT2D eigenvalue weighted by Crippen LogP contribution is -2.39. The zero-order chi connectivity index (χ0) is 25.3. The van der Waals surface area contributed by atoms with Crippen molar-refractivity contribution in [3.8, 4) is 11.5 Å². The van der Waals surface area contributed by atoms with Crippen LogP contribution in [0.1, 0.15) is 39.5 Å². The second-order valence-corrected chi connectivity index (χ2v) is 9.80. The Morgan fingerprint density at radius 2 is 1.97 bits per heavy atom. The summed E-state index contributed by atoms with van der Waals surface area (Å²) >= 11 is 1.82. The molecule has 2 aromatic rings. The lowest BCUT2D eigenvalue weighted by atomic mass is 9.69. The summed E-state index contributed by atoms with van der Waals surface area (Å²) in [6.07, 6.45) is 4.33. The van der Waals surface area contributed by atoms with Crippen molar-refractivity contribution >= 4 is 11.8 Å². The van der Waals surface area contributed by atoms with E-state index in [2.05, 4.69) is 40.4 Å². The van der Waals surface area contributed by atoms with Gasteiger partial charge in [-0.3, -0.25) is 10.3 Å². The van der Waals surface area contributed by atoms with Gasteiger partial charge in [-0.2, -0.15) is 16.9 Å². The first-order valence-corrected chi connectivity index (χ1v) is 13.0. The number of thioether (sulfide) groups is 1. The molecule has 0 amide bonds. The highest BCUT2D eigenvalue weighted by Crippen LogP contribution is 2.45. The maximum absolute atomic E-state index is 12.4. The molecular weight excluding hydrogens is 481 g/mol.